The average Bonchev–Trinajstić information content (AvgIpc) is 3.00. The molecule has 5 fully saturated rings. The molecule has 7 rings (SSSR count). The van der Waals surface area contributed by atoms with Crippen LogP contribution in [0.4, 0.5) is 10.6 Å². The molecule has 0 spiro atoms. The van der Waals surface area contributed by atoms with Crippen LogP contribution in [0.15, 0.2) is 29.1 Å². The Balaban J connectivity index is 1.25. The number of para-hydroxylation sites is 2. The van der Waals surface area contributed by atoms with E-state index in [1.165, 1.54) is 64.2 Å². The third kappa shape index (κ3) is 4.21. The Bertz CT molecular complexity index is 1340. The van der Waals surface area contributed by atoms with Crippen LogP contribution < -0.4 is 15.8 Å². The van der Waals surface area contributed by atoms with Gasteiger partial charge in [0.2, 0.25) is 5.82 Å². The van der Waals surface area contributed by atoms with Crippen LogP contribution in [-0.4, -0.2) is 50.1 Å². The summed E-state index contributed by atoms with van der Waals surface area (Å²) in [6.07, 6.45) is 15.2. The summed E-state index contributed by atoms with van der Waals surface area (Å²) in [6, 6.07) is 8.74. The van der Waals surface area contributed by atoms with E-state index in [1.807, 2.05) is 28.8 Å². The van der Waals surface area contributed by atoms with Crippen LogP contribution in [0.1, 0.15) is 96.9 Å². The Morgan fingerprint density at radius 3 is 2.10 bits per heavy atom. The van der Waals surface area contributed by atoms with Crippen molar-refractivity contribution in [3.63, 3.8) is 0 Å². The molecule has 3 saturated heterocycles. The maximum atomic E-state index is 14.2. The number of amides is 3. The minimum absolute atomic E-state index is 0.0235. The number of imide groups is 1. The molecular formula is C31H41N5O3. The fraction of sp³-hybridized carbons (Fsp3) is 0.677. The predicted molar refractivity (Wildman–Crippen MR) is 151 cm³/mol. The molecule has 1 aromatic carbocycles. The fourth-order valence-corrected chi connectivity index (χ4v) is 8.90. The third-order valence-electron chi connectivity index (χ3n) is 10.5. The number of fused-ring (bicyclic) bond motifs is 5. The fourth-order valence-electron chi connectivity index (χ4n) is 8.90. The molecule has 208 valence electrons. The van der Waals surface area contributed by atoms with Crippen LogP contribution in [-0.2, 0) is 4.79 Å². The van der Waals surface area contributed by atoms with E-state index < -0.39 is 17.5 Å². The maximum absolute atomic E-state index is 14.2. The molecule has 4 bridgehead atoms. The minimum Gasteiger partial charge on any atom is -0.323 e. The molecule has 39 heavy (non-hydrogen) atoms. The monoisotopic (exact) mass is 531 g/mol. The number of hydrogen-bond donors (Lipinski definition) is 1. The van der Waals surface area contributed by atoms with Gasteiger partial charge in [-0.3, -0.25) is 14.5 Å². The van der Waals surface area contributed by atoms with Crippen molar-refractivity contribution in [2.75, 3.05) is 4.90 Å². The second-order valence-corrected chi connectivity index (χ2v) is 13.5. The second kappa shape index (κ2) is 9.43. The van der Waals surface area contributed by atoms with Crippen LogP contribution in [0.5, 0.6) is 0 Å². The number of nitrogens with zero attached hydrogens (tertiary/aromatic N) is 4. The van der Waals surface area contributed by atoms with Crippen molar-refractivity contribution in [3.8, 4) is 0 Å². The van der Waals surface area contributed by atoms with E-state index in [1.54, 1.807) is 13.8 Å². The lowest BCUT2D eigenvalue weighted by Crippen LogP contribution is -2.58. The quantitative estimate of drug-likeness (QED) is 0.554. The van der Waals surface area contributed by atoms with Gasteiger partial charge >= 0.3 is 6.03 Å². The average molecular weight is 532 g/mol. The van der Waals surface area contributed by atoms with Gasteiger partial charge in [0, 0.05) is 24.2 Å². The first-order chi connectivity index (χ1) is 18.8. The van der Waals surface area contributed by atoms with Gasteiger partial charge in [0.05, 0.1) is 11.0 Å². The van der Waals surface area contributed by atoms with Gasteiger partial charge < -0.3 is 9.88 Å². The number of anilines is 1. The molecule has 1 aromatic heterocycles. The lowest BCUT2D eigenvalue weighted by atomic mass is 9.73. The van der Waals surface area contributed by atoms with Crippen molar-refractivity contribution in [1.29, 1.82) is 0 Å². The summed E-state index contributed by atoms with van der Waals surface area (Å²) in [5, 5.41) is 2.70. The summed E-state index contributed by atoms with van der Waals surface area (Å²) in [5.41, 5.74) is 0.0236. The molecule has 2 aliphatic carbocycles. The summed E-state index contributed by atoms with van der Waals surface area (Å²) in [5.74, 6) is 1.25. The first-order valence-corrected chi connectivity index (χ1v) is 15.3. The summed E-state index contributed by atoms with van der Waals surface area (Å²) in [7, 11) is 0. The number of hydrogen-bond acceptors (Lipinski definition) is 5. The topological polar surface area (TPSA) is 87.5 Å². The highest BCUT2D eigenvalue weighted by molar-refractivity contribution is 6.22. The number of carbonyl (C=O) groups is 2. The summed E-state index contributed by atoms with van der Waals surface area (Å²) >= 11 is 0. The van der Waals surface area contributed by atoms with E-state index >= 15 is 0 Å². The van der Waals surface area contributed by atoms with Gasteiger partial charge in [-0.05, 0) is 82.8 Å². The van der Waals surface area contributed by atoms with Crippen LogP contribution in [0.25, 0.3) is 11.0 Å². The lowest BCUT2D eigenvalue weighted by molar-refractivity contribution is -0.121. The second-order valence-electron chi connectivity index (χ2n) is 13.5. The summed E-state index contributed by atoms with van der Waals surface area (Å²) < 4.78 is 1.88. The lowest BCUT2D eigenvalue weighted by Gasteiger charge is -2.54. The van der Waals surface area contributed by atoms with E-state index in [9.17, 15) is 14.4 Å². The molecule has 8 heteroatoms. The molecule has 2 aromatic rings. The van der Waals surface area contributed by atoms with Crippen molar-refractivity contribution < 1.29 is 9.59 Å². The highest BCUT2D eigenvalue weighted by Gasteiger charge is 2.48. The smallest absolute Gasteiger partial charge is 0.323 e. The molecule has 0 radical (unpaired) electrons. The Morgan fingerprint density at radius 2 is 1.46 bits per heavy atom. The zero-order chi connectivity index (χ0) is 26.9. The van der Waals surface area contributed by atoms with E-state index in [4.69, 9.17) is 0 Å². The molecule has 6 atom stereocenters. The Kier molecular flexibility index (Phi) is 6.10. The molecule has 4 heterocycles. The van der Waals surface area contributed by atoms with Crippen LogP contribution in [0.3, 0.4) is 0 Å². The number of benzene rings is 1. The van der Waals surface area contributed by atoms with Crippen molar-refractivity contribution >= 4 is 28.8 Å². The highest BCUT2D eigenvalue weighted by atomic mass is 16.2. The number of aromatic nitrogens is 2. The zero-order valence-corrected chi connectivity index (χ0v) is 23.3. The van der Waals surface area contributed by atoms with Gasteiger partial charge in [0.1, 0.15) is 5.54 Å². The van der Waals surface area contributed by atoms with Gasteiger partial charge in [0.25, 0.3) is 11.5 Å². The van der Waals surface area contributed by atoms with Crippen molar-refractivity contribution in [1.82, 2.24) is 19.8 Å². The maximum Gasteiger partial charge on any atom is 0.331 e. The van der Waals surface area contributed by atoms with Gasteiger partial charge in [0.15, 0.2) is 0 Å². The number of rotatable bonds is 3. The summed E-state index contributed by atoms with van der Waals surface area (Å²) in [6.45, 7) is 3.32. The Hall–Kier alpha value is -2.74. The molecule has 3 aliphatic heterocycles. The number of carbonyl (C=O) groups excluding carboxylic acids is 2. The Morgan fingerprint density at radius 1 is 0.795 bits per heavy atom. The van der Waals surface area contributed by atoms with E-state index in [0.717, 1.165) is 35.1 Å². The first kappa shape index (κ1) is 25.2. The standard InChI is InChI=1S/C31H41N5O3/c1-31(2)29(38)36(30(39)33-31)27-28(37)35(26-13-6-5-12-25(26)32-27)24-17-21-10-7-11-22(18-24)34(21)23-15-19-8-3-4-9-20(14-19)16-23/h5-6,12-13,19-24H,3-4,7-11,14-18H2,1-2H3,(H,33,39)/t19-,20+,21-,22+,23-,24+. The zero-order valence-electron chi connectivity index (χ0n) is 23.3. The van der Waals surface area contributed by atoms with Gasteiger partial charge in [-0.25, -0.2) is 14.7 Å². The van der Waals surface area contributed by atoms with Crippen LogP contribution in [0.2, 0.25) is 0 Å². The molecule has 0 unspecified atom stereocenters. The Labute approximate surface area is 230 Å². The van der Waals surface area contributed by atoms with Crippen molar-refractivity contribution in [3.05, 3.63) is 34.6 Å². The van der Waals surface area contributed by atoms with Gasteiger partial charge in [-0.2, -0.15) is 0 Å². The van der Waals surface area contributed by atoms with E-state index in [0.29, 0.717) is 23.6 Å². The SMILES string of the molecule is CC1(C)NC(=O)N(c2nc3ccccc3n([C@H]3C[C@H]4CCC[C@@H](C3)N4[C@@H]3C[C@@H]4CCCC[C@@H](C4)C3)c2=O)C1=O. The predicted octanol–water partition coefficient (Wildman–Crippen LogP) is 5.15. The van der Waals surface area contributed by atoms with Crippen molar-refractivity contribution in [2.45, 2.75) is 121 Å². The van der Waals surface area contributed by atoms with E-state index in [2.05, 4.69) is 15.2 Å². The molecule has 8 nitrogen and oxygen atoms in total. The normalized spacial score (nSPS) is 34.7. The van der Waals surface area contributed by atoms with E-state index in [-0.39, 0.29) is 17.4 Å². The van der Waals surface area contributed by atoms with Crippen LogP contribution in [0, 0.1) is 11.8 Å². The number of urea groups is 1. The molecular weight excluding hydrogens is 490 g/mol. The number of nitrogens with one attached hydrogen (secondary N) is 1. The van der Waals surface area contributed by atoms with Crippen molar-refractivity contribution in [2.24, 2.45) is 11.8 Å². The number of piperidine rings is 2. The summed E-state index contributed by atoms with van der Waals surface area (Å²) in [4.78, 5) is 48.6. The molecule has 5 aliphatic rings. The molecule has 2 saturated carbocycles. The minimum atomic E-state index is -1.07. The highest BCUT2D eigenvalue weighted by Crippen LogP contribution is 2.47. The third-order valence-corrected chi connectivity index (χ3v) is 10.5. The van der Waals surface area contributed by atoms with Gasteiger partial charge in [-0.1, -0.05) is 44.2 Å². The largest absolute Gasteiger partial charge is 0.331 e. The van der Waals surface area contributed by atoms with Crippen LogP contribution >= 0.6 is 0 Å². The van der Waals surface area contributed by atoms with Gasteiger partial charge in [-0.15, -0.1) is 0 Å². The molecule has 3 amide bonds. The first-order valence-electron chi connectivity index (χ1n) is 15.3. The molecule has 1 N–H and O–H groups in total.